The highest BCUT2D eigenvalue weighted by molar-refractivity contribution is 7.99. The van der Waals surface area contributed by atoms with Crippen LogP contribution < -0.4 is 5.32 Å². The lowest BCUT2D eigenvalue weighted by Crippen LogP contribution is -2.01. The van der Waals surface area contributed by atoms with E-state index in [0.717, 1.165) is 17.4 Å². The Labute approximate surface area is 119 Å². The van der Waals surface area contributed by atoms with Crippen molar-refractivity contribution in [2.75, 3.05) is 11.1 Å². The van der Waals surface area contributed by atoms with Crippen molar-refractivity contribution in [1.29, 1.82) is 0 Å². The van der Waals surface area contributed by atoms with Gasteiger partial charge in [-0.1, -0.05) is 41.6 Å². The van der Waals surface area contributed by atoms with E-state index in [1.807, 2.05) is 30.3 Å². The molecular weight excluding hydrogens is 286 g/mol. The Morgan fingerprint density at radius 2 is 2.05 bits per heavy atom. The SMILES string of the molecule is O=C(O)CSc1nc(Cl)cc(Nc2ccccc2)n1. The number of thioether (sulfide) groups is 1. The van der Waals surface area contributed by atoms with Crippen molar-refractivity contribution in [2.45, 2.75) is 5.16 Å². The van der Waals surface area contributed by atoms with Crippen molar-refractivity contribution < 1.29 is 9.90 Å². The summed E-state index contributed by atoms with van der Waals surface area (Å²) in [5.74, 6) is -0.504. The van der Waals surface area contributed by atoms with E-state index in [4.69, 9.17) is 16.7 Å². The normalized spacial score (nSPS) is 10.2. The molecule has 0 unspecified atom stereocenters. The average molecular weight is 296 g/mol. The van der Waals surface area contributed by atoms with E-state index in [0.29, 0.717) is 11.0 Å². The smallest absolute Gasteiger partial charge is 0.313 e. The van der Waals surface area contributed by atoms with Crippen molar-refractivity contribution in [3.05, 3.63) is 41.6 Å². The average Bonchev–Trinajstić information content (AvgIpc) is 2.37. The molecule has 19 heavy (non-hydrogen) atoms. The summed E-state index contributed by atoms with van der Waals surface area (Å²) in [6, 6.07) is 11.1. The fraction of sp³-hybridized carbons (Fsp3) is 0.0833. The highest BCUT2D eigenvalue weighted by Gasteiger charge is 2.06. The summed E-state index contributed by atoms with van der Waals surface area (Å²) in [5, 5.41) is 12.3. The number of carbonyl (C=O) groups is 1. The van der Waals surface area contributed by atoms with Crippen LogP contribution in [-0.2, 0) is 4.79 Å². The lowest BCUT2D eigenvalue weighted by atomic mass is 10.3. The molecule has 2 N–H and O–H groups in total. The quantitative estimate of drug-likeness (QED) is 0.502. The number of carboxylic acid groups (broad SMARTS) is 1. The van der Waals surface area contributed by atoms with Gasteiger partial charge in [0.15, 0.2) is 5.16 Å². The number of benzene rings is 1. The number of para-hydroxylation sites is 1. The molecule has 0 atom stereocenters. The van der Waals surface area contributed by atoms with E-state index < -0.39 is 5.97 Å². The predicted molar refractivity (Wildman–Crippen MR) is 75.1 cm³/mol. The van der Waals surface area contributed by atoms with Gasteiger partial charge in [0.2, 0.25) is 0 Å². The molecule has 0 aliphatic carbocycles. The van der Waals surface area contributed by atoms with Crippen LogP contribution in [0.4, 0.5) is 11.5 Å². The summed E-state index contributed by atoms with van der Waals surface area (Å²) in [6.07, 6.45) is 0. The zero-order valence-electron chi connectivity index (χ0n) is 9.71. The van der Waals surface area contributed by atoms with Crippen LogP contribution in [0.25, 0.3) is 0 Å². The summed E-state index contributed by atoms with van der Waals surface area (Å²) in [5.41, 5.74) is 0.867. The molecular formula is C12H10ClN3O2S. The summed E-state index contributed by atoms with van der Waals surface area (Å²) in [4.78, 5) is 18.7. The summed E-state index contributed by atoms with van der Waals surface area (Å²) < 4.78 is 0. The molecule has 0 spiro atoms. The molecule has 0 saturated heterocycles. The van der Waals surface area contributed by atoms with Crippen molar-refractivity contribution >= 4 is 40.8 Å². The van der Waals surface area contributed by atoms with Crippen LogP contribution in [0.5, 0.6) is 0 Å². The molecule has 0 fully saturated rings. The number of carboxylic acids is 1. The van der Waals surface area contributed by atoms with Gasteiger partial charge in [0.05, 0.1) is 5.75 Å². The molecule has 0 aliphatic rings. The van der Waals surface area contributed by atoms with Crippen molar-refractivity contribution in [3.63, 3.8) is 0 Å². The Kier molecular flexibility index (Phi) is 4.59. The number of hydrogen-bond acceptors (Lipinski definition) is 5. The molecule has 1 heterocycles. The van der Waals surface area contributed by atoms with Crippen LogP contribution in [0, 0.1) is 0 Å². The fourth-order valence-electron chi connectivity index (χ4n) is 1.32. The summed E-state index contributed by atoms with van der Waals surface area (Å²) in [7, 11) is 0. The number of aliphatic carboxylic acids is 1. The van der Waals surface area contributed by atoms with Gasteiger partial charge in [-0.3, -0.25) is 4.79 Å². The third-order valence-electron chi connectivity index (χ3n) is 2.05. The third kappa shape index (κ3) is 4.42. The van der Waals surface area contributed by atoms with Crippen LogP contribution >= 0.6 is 23.4 Å². The molecule has 2 rings (SSSR count). The van der Waals surface area contributed by atoms with E-state index in [2.05, 4.69) is 15.3 Å². The maximum atomic E-state index is 10.5. The van der Waals surface area contributed by atoms with Crippen LogP contribution in [0.15, 0.2) is 41.6 Å². The van der Waals surface area contributed by atoms with Crippen LogP contribution in [0.1, 0.15) is 0 Å². The van der Waals surface area contributed by atoms with Crippen LogP contribution in [-0.4, -0.2) is 26.8 Å². The van der Waals surface area contributed by atoms with Gasteiger partial charge in [-0.05, 0) is 12.1 Å². The minimum absolute atomic E-state index is 0.106. The van der Waals surface area contributed by atoms with Gasteiger partial charge in [0.1, 0.15) is 11.0 Å². The van der Waals surface area contributed by atoms with Gasteiger partial charge in [-0.25, -0.2) is 9.97 Å². The second-order valence-corrected chi connectivity index (χ2v) is 4.86. The van der Waals surface area contributed by atoms with E-state index in [9.17, 15) is 4.79 Å². The summed E-state index contributed by atoms with van der Waals surface area (Å²) in [6.45, 7) is 0. The second kappa shape index (κ2) is 6.40. The maximum absolute atomic E-state index is 10.5. The number of aromatic nitrogens is 2. The number of rotatable bonds is 5. The monoisotopic (exact) mass is 295 g/mol. The molecule has 0 bridgehead atoms. The van der Waals surface area contributed by atoms with Gasteiger partial charge in [-0.15, -0.1) is 0 Å². The first-order valence-corrected chi connectivity index (χ1v) is 6.71. The van der Waals surface area contributed by atoms with E-state index in [-0.39, 0.29) is 10.9 Å². The largest absolute Gasteiger partial charge is 0.481 e. The lowest BCUT2D eigenvalue weighted by molar-refractivity contribution is -0.133. The molecule has 5 nitrogen and oxygen atoms in total. The lowest BCUT2D eigenvalue weighted by Gasteiger charge is -2.07. The Bertz CT molecular complexity index is 580. The number of anilines is 2. The zero-order chi connectivity index (χ0) is 13.7. The van der Waals surface area contributed by atoms with Crippen molar-refractivity contribution in [2.24, 2.45) is 0 Å². The minimum atomic E-state index is -0.925. The molecule has 7 heteroatoms. The molecule has 1 aromatic carbocycles. The second-order valence-electron chi connectivity index (χ2n) is 3.53. The molecule has 0 aliphatic heterocycles. The number of nitrogens with one attached hydrogen (secondary N) is 1. The van der Waals surface area contributed by atoms with E-state index in [1.165, 1.54) is 0 Å². The van der Waals surface area contributed by atoms with Gasteiger partial charge in [-0.2, -0.15) is 0 Å². The minimum Gasteiger partial charge on any atom is -0.481 e. The number of nitrogens with zero attached hydrogens (tertiary/aromatic N) is 2. The van der Waals surface area contributed by atoms with Gasteiger partial charge in [0.25, 0.3) is 0 Å². The number of hydrogen-bond donors (Lipinski definition) is 2. The first kappa shape index (κ1) is 13.6. The molecule has 2 aromatic rings. The maximum Gasteiger partial charge on any atom is 0.313 e. The third-order valence-corrected chi connectivity index (χ3v) is 3.07. The Morgan fingerprint density at radius 3 is 2.74 bits per heavy atom. The van der Waals surface area contributed by atoms with Crippen molar-refractivity contribution in [1.82, 2.24) is 9.97 Å². The first-order chi connectivity index (χ1) is 9.13. The van der Waals surface area contributed by atoms with Gasteiger partial charge in [0, 0.05) is 11.8 Å². The Morgan fingerprint density at radius 1 is 1.32 bits per heavy atom. The van der Waals surface area contributed by atoms with Gasteiger partial charge >= 0.3 is 5.97 Å². The van der Waals surface area contributed by atoms with E-state index in [1.54, 1.807) is 6.07 Å². The fourth-order valence-corrected chi connectivity index (χ4v) is 2.13. The number of halogens is 1. The molecule has 0 saturated carbocycles. The predicted octanol–water partition coefficient (Wildman–Crippen LogP) is 3.05. The summed E-state index contributed by atoms with van der Waals surface area (Å²) >= 11 is 6.90. The van der Waals surface area contributed by atoms with Crippen LogP contribution in [0.2, 0.25) is 5.15 Å². The molecule has 98 valence electrons. The topological polar surface area (TPSA) is 75.1 Å². The molecule has 0 amide bonds. The van der Waals surface area contributed by atoms with Crippen LogP contribution in [0.3, 0.4) is 0 Å². The molecule has 1 aromatic heterocycles. The highest BCUT2D eigenvalue weighted by atomic mass is 35.5. The Balaban J connectivity index is 2.14. The Hall–Kier alpha value is -1.79. The highest BCUT2D eigenvalue weighted by Crippen LogP contribution is 2.21. The standard InChI is InChI=1S/C12H10ClN3O2S/c13-9-6-10(14-8-4-2-1-3-5-8)16-12(15-9)19-7-11(17)18/h1-6H,7H2,(H,17,18)(H,14,15,16). The van der Waals surface area contributed by atoms with E-state index >= 15 is 0 Å². The van der Waals surface area contributed by atoms with Crippen molar-refractivity contribution in [3.8, 4) is 0 Å². The zero-order valence-corrected chi connectivity index (χ0v) is 11.3. The first-order valence-electron chi connectivity index (χ1n) is 5.35. The molecule has 0 radical (unpaired) electrons. The van der Waals surface area contributed by atoms with Gasteiger partial charge < -0.3 is 10.4 Å².